The van der Waals surface area contributed by atoms with E-state index in [-0.39, 0.29) is 0 Å². The molecule has 2 heteroatoms. The van der Waals surface area contributed by atoms with Gasteiger partial charge in [0.1, 0.15) is 5.75 Å². The molecule has 1 aromatic rings. The van der Waals surface area contributed by atoms with E-state index in [1.165, 1.54) is 43.2 Å². The quantitative estimate of drug-likeness (QED) is 0.855. The maximum Gasteiger partial charge on any atom is 0.123 e. The highest BCUT2D eigenvalue weighted by atomic mass is 16.5. The number of nitrogens with one attached hydrogen (secondary N) is 1. The van der Waals surface area contributed by atoms with E-state index in [0.29, 0.717) is 6.04 Å². The van der Waals surface area contributed by atoms with E-state index in [1.54, 1.807) is 7.11 Å². The average Bonchev–Trinajstić information content (AvgIpc) is 2.49. The lowest BCUT2D eigenvalue weighted by Crippen LogP contribution is -2.33. The lowest BCUT2D eigenvalue weighted by Gasteiger charge is -2.37. The molecule has 0 aliphatic heterocycles. The molecule has 0 saturated heterocycles. The van der Waals surface area contributed by atoms with Gasteiger partial charge in [0, 0.05) is 11.6 Å². The lowest BCUT2D eigenvalue weighted by atomic mass is 9.72. The molecular weight excluding hydrogens is 246 g/mol. The normalized spacial score (nSPS) is 24.4. The van der Waals surface area contributed by atoms with E-state index >= 15 is 0 Å². The summed E-state index contributed by atoms with van der Waals surface area (Å²) < 4.78 is 5.60. The van der Waals surface area contributed by atoms with Crippen LogP contribution in [0.4, 0.5) is 0 Å². The fraction of sp³-hybridized carbons (Fsp3) is 0.667. The summed E-state index contributed by atoms with van der Waals surface area (Å²) in [5, 5.41) is 3.57. The topological polar surface area (TPSA) is 21.3 Å². The first-order valence-electron chi connectivity index (χ1n) is 8.03. The third kappa shape index (κ3) is 3.17. The van der Waals surface area contributed by atoms with E-state index < -0.39 is 0 Å². The predicted molar refractivity (Wildman–Crippen MR) is 85.3 cm³/mol. The highest BCUT2D eigenvalue weighted by Gasteiger charge is 2.32. The zero-order valence-corrected chi connectivity index (χ0v) is 13.4. The smallest absolute Gasteiger partial charge is 0.123 e. The van der Waals surface area contributed by atoms with Gasteiger partial charge in [0.15, 0.2) is 0 Å². The molecule has 2 nitrogen and oxygen atoms in total. The van der Waals surface area contributed by atoms with Crippen LogP contribution >= 0.6 is 0 Å². The van der Waals surface area contributed by atoms with Crippen molar-refractivity contribution in [2.75, 3.05) is 14.2 Å². The van der Waals surface area contributed by atoms with Crippen molar-refractivity contribution >= 4 is 0 Å². The van der Waals surface area contributed by atoms with Crippen molar-refractivity contribution in [1.82, 2.24) is 5.32 Å². The summed E-state index contributed by atoms with van der Waals surface area (Å²) in [6.45, 7) is 4.50. The molecule has 1 aliphatic carbocycles. The first-order chi connectivity index (χ1) is 9.71. The van der Waals surface area contributed by atoms with Gasteiger partial charge in [0.2, 0.25) is 0 Å². The van der Waals surface area contributed by atoms with Crippen LogP contribution in [-0.2, 0) is 0 Å². The summed E-state index contributed by atoms with van der Waals surface area (Å²) in [5.74, 6) is 2.59. The predicted octanol–water partition coefficient (Wildman–Crippen LogP) is 4.48. The highest BCUT2D eigenvalue weighted by molar-refractivity contribution is 5.39. The SMILES string of the molecule is CCC1CCCCC1C(NC)c1cc(C)ccc1OC. The first kappa shape index (κ1) is 15.4. The van der Waals surface area contributed by atoms with Gasteiger partial charge in [0.25, 0.3) is 0 Å². The zero-order valence-electron chi connectivity index (χ0n) is 13.4. The monoisotopic (exact) mass is 275 g/mol. The van der Waals surface area contributed by atoms with Gasteiger partial charge in [-0.3, -0.25) is 0 Å². The number of ether oxygens (including phenoxy) is 1. The molecule has 1 saturated carbocycles. The van der Waals surface area contributed by atoms with Gasteiger partial charge in [-0.1, -0.05) is 50.3 Å². The van der Waals surface area contributed by atoms with Crippen molar-refractivity contribution in [3.05, 3.63) is 29.3 Å². The number of methoxy groups -OCH3 is 1. The van der Waals surface area contributed by atoms with Crippen molar-refractivity contribution in [2.24, 2.45) is 11.8 Å². The average molecular weight is 275 g/mol. The zero-order chi connectivity index (χ0) is 14.5. The van der Waals surface area contributed by atoms with Crippen LogP contribution in [0, 0.1) is 18.8 Å². The van der Waals surface area contributed by atoms with Crippen molar-refractivity contribution in [2.45, 2.75) is 52.0 Å². The third-order valence-corrected chi connectivity index (χ3v) is 4.95. The molecule has 0 radical (unpaired) electrons. The summed E-state index contributed by atoms with van der Waals surface area (Å²) in [5.41, 5.74) is 2.64. The standard InChI is InChI=1S/C18H29NO/c1-5-14-8-6-7-9-15(14)18(19-3)16-12-13(2)10-11-17(16)20-4/h10-12,14-15,18-19H,5-9H2,1-4H3. The Bertz CT molecular complexity index is 429. The van der Waals surface area contributed by atoms with Crippen LogP contribution in [0.5, 0.6) is 5.75 Å². The third-order valence-electron chi connectivity index (χ3n) is 4.95. The van der Waals surface area contributed by atoms with Crippen LogP contribution in [-0.4, -0.2) is 14.2 Å². The number of hydrogen-bond donors (Lipinski definition) is 1. The van der Waals surface area contributed by atoms with Crippen LogP contribution in [0.3, 0.4) is 0 Å². The second kappa shape index (κ2) is 7.12. The molecule has 1 N–H and O–H groups in total. The Morgan fingerprint density at radius 2 is 2.05 bits per heavy atom. The molecule has 1 aliphatic rings. The Morgan fingerprint density at radius 3 is 2.70 bits per heavy atom. The summed E-state index contributed by atoms with van der Waals surface area (Å²) in [6, 6.07) is 6.95. The molecule has 2 rings (SSSR count). The van der Waals surface area contributed by atoms with Gasteiger partial charge < -0.3 is 10.1 Å². The molecule has 0 aromatic heterocycles. The van der Waals surface area contributed by atoms with Gasteiger partial charge in [-0.15, -0.1) is 0 Å². The van der Waals surface area contributed by atoms with E-state index in [4.69, 9.17) is 4.74 Å². The Labute approximate surface area is 123 Å². The maximum atomic E-state index is 5.60. The minimum absolute atomic E-state index is 0.412. The fourth-order valence-electron chi connectivity index (χ4n) is 3.88. The second-order valence-electron chi connectivity index (χ2n) is 6.13. The molecule has 20 heavy (non-hydrogen) atoms. The van der Waals surface area contributed by atoms with Crippen molar-refractivity contribution in [3.8, 4) is 5.75 Å². The van der Waals surface area contributed by atoms with Crippen LogP contribution in [0.15, 0.2) is 18.2 Å². The van der Waals surface area contributed by atoms with Crippen molar-refractivity contribution in [3.63, 3.8) is 0 Å². The molecule has 3 unspecified atom stereocenters. The minimum atomic E-state index is 0.412. The summed E-state index contributed by atoms with van der Waals surface area (Å²) in [6.07, 6.45) is 6.77. The number of aryl methyl sites for hydroxylation is 1. The Kier molecular flexibility index (Phi) is 5.47. The van der Waals surface area contributed by atoms with Crippen LogP contribution < -0.4 is 10.1 Å². The number of rotatable bonds is 5. The summed E-state index contributed by atoms with van der Waals surface area (Å²) >= 11 is 0. The molecule has 3 atom stereocenters. The van der Waals surface area contributed by atoms with Crippen LogP contribution in [0.1, 0.15) is 56.2 Å². The Balaban J connectivity index is 2.33. The maximum absolute atomic E-state index is 5.60. The number of benzene rings is 1. The van der Waals surface area contributed by atoms with Gasteiger partial charge in [-0.25, -0.2) is 0 Å². The molecule has 1 fully saturated rings. The Hall–Kier alpha value is -1.02. The second-order valence-corrected chi connectivity index (χ2v) is 6.13. The minimum Gasteiger partial charge on any atom is -0.496 e. The lowest BCUT2D eigenvalue weighted by molar-refractivity contribution is 0.178. The van der Waals surface area contributed by atoms with Gasteiger partial charge in [-0.2, -0.15) is 0 Å². The number of hydrogen-bond acceptors (Lipinski definition) is 2. The summed E-state index contributed by atoms with van der Waals surface area (Å²) in [4.78, 5) is 0. The van der Waals surface area contributed by atoms with E-state index in [2.05, 4.69) is 44.4 Å². The molecule has 112 valence electrons. The molecule has 0 amide bonds. The van der Waals surface area contributed by atoms with Crippen molar-refractivity contribution in [1.29, 1.82) is 0 Å². The first-order valence-corrected chi connectivity index (χ1v) is 8.03. The van der Waals surface area contributed by atoms with E-state index in [0.717, 1.165) is 17.6 Å². The van der Waals surface area contributed by atoms with Gasteiger partial charge in [-0.05, 0) is 38.3 Å². The largest absolute Gasteiger partial charge is 0.496 e. The fourth-order valence-corrected chi connectivity index (χ4v) is 3.88. The molecule has 0 spiro atoms. The highest BCUT2D eigenvalue weighted by Crippen LogP contribution is 2.42. The van der Waals surface area contributed by atoms with E-state index in [9.17, 15) is 0 Å². The van der Waals surface area contributed by atoms with E-state index in [1.807, 2.05) is 0 Å². The molecule has 0 bridgehead atoms. The van der Waals surface area contributed by atoms with Crippen LogP contribution in [0.2, 0.25) is 0 Å². The van der Waals surface area contributed by atoms with Gasteiger partial charge >= 0.3 is 0 Å². The Morgan fingerprint density at radius 1 is 1.30 bits per heavy atom. The summed E-state index contributed by atoms with van der Waals surface area (Å²) in [7, 11) is 3.87. The molecular formula is C18H29NO. The molecule has 1 aromatic carbocycles. The van der Waals surface area contributed by atoms with Crippen LogP contribution in [0.25, 0.3) is 0 Å². The van der Waals surface area contributed by atoms with Crippen molar-refractivity contribution < 1.29 is 4.74 Å². The molecule has 0 heterocycles. The van der Waals surface area contributed by atoms with Gasteiger partial charge in [0.05, 0.1) is 7.11 Å².